The topological polar surface area (TPSA) is 95.5 Å². The third-order valence-electron chi connectivity index (χ3n) is 2.40. The highest BCUT2D eigenvalue weighted by Gasteiger charge is 2.22. The number of thiophene rings is 1. The first-order chi connectivity index (χ1) is 8.85. The van der Waals surface area contributed by atoms with Gasteiger partial charge < -0.3 is 15.7 Å². The number of carbonyl (C=O) groups is 3. The summed E-state index contributed by atoms with van der Waals surface area (Å²) < 4.78 is 0. The molecule has 0 fully saturated rings. The van der Waals surface area contributed by atoms with Gasteiger partial charge in [0.2, 0.25) is 5.91 Å². The van der Waals surface area contributed by atoms with Crippen LogP contribution in [0.5, 0.6) is 0 Å². The molecule has 0 saturated heterocycles. The van der Waals surface area contributed by atoms with Crippen LogP contribution in [0.4, 0.5) is 5.00 Å². The maximum atomic E-state index is 12.0. The van der Waals surface area contributed by atoms with Gasteiger partial charge in [-0.3, -0.25) is 9.59 Å². The predicted octanol–water partition coefficient (Wildman–Crippen LogP) is 1.61. The van der Waals surface area contributed by atoms with Gasteiger partial charge in [-0.05, 0) is 19.4 Å². The number of carbonyl (C=O) groups excluding carboxylic acids is 2. The molecule has 1 aromatic rings. The number of hydrogen-bond donors (Lipinski definition) is 3. The van der Waals surface area contributed by atoms with Gasteiger partial charge in [-0.2, -0.15) is 0 Å². The molecule has 0 spiro atoms. The van der Waals surface area contributed by atoms with E-state index < -0.39 is 17.9 Å². The molecule has 1 heterocycles. The summed E-state index contributed by atoms with van der Waals surface area (Å²) in [4.78, 5) is 34.8. The second-order valence-corrected chi connectivity index (χ2v) is 5.31. The van der Waals surface area contributed by atoms with Crippen LogP contribution in [-0.4, -0.2) is 28.9 Å². The molecule has 7 heteroatoms. The summed E-state index contributed by atoms with van der Waals surface area (Å²) in [7, 11) is 0. The van der Waals surface area contributed by atoms with Crippen molar-refractivity contribution < 1.29 is 19.5 Å². The Morgan fingerprint density at radius 2 is 2.05 bits per heavy atom. The van der Waals surface area contributed by atoms with Gasteiger partial charge in [0.15, 0.2) is 0 Å². The highest BCUT2D eigenvalue weighted by atomic mass is 32.1. The summed E-state index contributed by atoms with van der Waals surface area (Å²) in [6, 6.07) is 0.692. The van der Waals surface area contributed by atoms with Crippen molar-refractivity contribution in [2.24, 2.45) is 0 Å². The van der Waals surface area contributed by atoms with E-state index in [9.17, 15) is 14.4 Å². The molecule has 0 saturated carbocycles. The molecule has 0 aliphatic heterocycles. The number of carboxylic acids is 1. The fourth-order valence-corrected chi connectivity index (χ4v) is 2.47. The Kier molecular flexibility index (Phi) is 5.05. The van der Waals surface area contributed by atoms with E-state index in [0.29, 0.717) is 11.4 Å². The van der Waals surface area contributed by atoms with Crippen molar-refractivity contribution in [1.82, 2.24) is 5.32 Å². The quantitative estimate of drug-likeness (QED) is 0.765. The molecule has 1 rings (SSSR count). The van der Waals surface area contributed by atoms with Gasteiger partial charge >= 0.3 is 5.97 Å². The van der Waals surface area contributed by atoms with Crippen LogP contribution in [0.25, 0.3) is 0 Å². The van der Waals surface area contributed by atoms with E-state index in [4.69, 9.17) is 5.11 Å². The third kappa shape index (κ3) is 4.06. The van der Waals surface area contributed by atoms with Crippen LogP contribution in [0.15, 0.2) is 6.07 Å². The van der Waals surface area contributed by atoms with Crippen LogP contribution in [0.1, 0.15) is 35.5 Å². The second-order valence-electron chi connectivity index (χ2n) is 4.05. The van der Waals surface area contributed by atoms with Crippen LogP contribution in [0.3, 0.4) is 0 Å². The van der Waals surface area contributed by atoms with E-state index in [1.54, 1.807) is 19.9 Å². The second kappa shape index (κ2) is 6.33. The van der Waals surface area contributed by atoms with Crippen LogP contribution in [0.2, 0.25) is 0 Å². The molecule has 0 bridgehead atoms. The lowest BCUT2D eigenvalue weighted by molar-refractivity contribution is -0.139. The first kappa shape index (κ1) is 15.2. The Labute approximate surface area is 114 Å². The normalized spacial score (nSPS) is 11.7. The minimum atomic E-state index is -1.08. The maximum absolute atomic E-state index is 12.0. The Bertz CT molecular complexity index is 510. The lowest BCUT2D eigenvalue weighted by atomic mass is 10.2. The van der Waals surface area contributed by atoms with Crippen molar-refractivity contribution in [3.05, 3.63) is 16.5 Å². The molecule has 6 nitrogen and oxygen atoms in total. The largest absolute Gasteiger partial charge is 0.480 e. The molecule has 2 amide bonds. The molecule has 19 heavy (non-hydrogen) atoms. The van der Waals surface area contributed by atoms with Crippen LogP contribution in [-0.2, 0) is 9.59 Å². The predicted molar refractivity (Wildman–Crippen MR) is 72.5 cm³/mol. The molecule has 1 atom stereocenters. The van der Waals surface area contributed by atoms with E-state index in [0.717, 1.165) is 4.88 Å². The number of aryl methyl sites for hydroxylation is 1. The van der Waals surface area contributed by atoms with Crippen molar-refractivity contribution in [3.63, 3.8) is 0 Å². The van der Waals surface area contributed by atoms with E-state index in [2.05, 4.69) is 10.6 Å². The SMILES string of the molecule is CCC(NC(=O)c1cc(C)sc1NC(C)=O)C(=O)O. The van der Waals surface area contributed by atoms with E-state index in [1.807, 2.05) is 0 Å². The van der Waals surface area contributed by atoms with Crippen molar-refractivity contribution in [1.29, 1.82) is 0 Å². The molecular weight excluding hydrogens is 268 g/mol. The van der Waals surface area contributed by atoms with Gasteiger partial charge in [-0.1, -0.05) is 6.92 Å². The average Bonchev–Trinajstić information content (AvgIpc) is 2.65. The van der Waals surface area contributed by atoms with Gasteiger partial charge in [0, 0.05) is 11.8 Å². The molecule has 1 unspecified atom stereocenters. The summed E-state index contributed by atoms with van der Waals surface area (Å²) in [6.45, 7) is 4.83. The van der Waals surface area contributed by atoms with Gasteiger partial charge in [-0.25, -0.2) is 4.79 Å². The fourth-order valence-electron chi connectivity index (χ4n) is 1.51. The Hall–Kier alpha value is -1.89. The standard InChI is InChI=1S/C12H16N2O4S/c1-4-9(12(17)18)14-10(16)8-5-6(2)19-11(8)13-7(3)15/h5,9H,4H2,1-3H3,(H,13,15)(H,14,16)(H,17,18). The highest BCUT2D eigenvalue weighted by molar-refractivity contribution is 7.16. The third-order valence-corrected chi connectivity index (χ3v) is 3.37. The summed E-state index contributed by atoms with van der Waals surface area (Å²) in [5.41, 5.74) is 0.289. The van der Waals surface area contributed by atoms with Gasteiger partial charge in [0.25, 0.3) is 5.91 Å². The number of aliphatic carboxylic acids is 1. The Balaban J connectivity index is 2.92. The van der Waals surface area contributed by atoms with E-state index in [1.165, 1.54) is 18.3 Å². The summed E-state index contributed by atoms with van der Waals surface area (Å²) in [5.74, 6) is -1.85. The van der Waals surface area contributed by atoms with Crippen molar-refractivity contribution >= 4 is 34.1 Å². The molecule has 0 aliphatic rings. The molecular formula is C12H16N2O4S. The number of hydrogen-bond acceptors (Lipinski definition) is 4. The van der Waals surface area contributed by atoms with E-state index >= 15 is 0 Å². The average molecular weight is 284 g/mol. The van der Waals surface area contributed by atoms with Gasteiger partial charge in [0.05, 0.1) is 5.56 Å². The molecule has 0 radical (unpaired) electrons. The minimum absolute atomic E-state index is 0.277. The zero-order chi connectivity index (χ0) is 14.6. The Morgan fingerprint density at radius 3 is 2.53 bits per heavy atom. The van der Waals surface area contributed by atoms with Crippen molar-refractivity contribution in [3.8, 4) is 0 Å². The molecule has 1 aromatic heterocycles. The minimum Gasteiger partial charge on any atom is -0.480 e. The smallest absolute Gasteiger partial charge is 0.326 e. The first-order valence-electron chi connectivity index (χ1n) is 5.76. The van der Waals surface area contributed by atoms with Crippen LogP contribution >= 0.6 is 11.3 Å². The Morgan fingerprint density at radius 1 is 1.42 bits per heavy atom. The number of rotatable bonds is 5. The summed E-state index contributed by atoms with van der Waals surface area (Å²) >= 11 is 1.27. The molecule has 0 aromatic carbocycles. The maximum Gasteiger partial charge on any atom is 0.326 e. The number of amides is 2. The molecule has 0 aliphatic carbocycles. The number of nitrogens with one attached hydrogen (secondary N) is 2. The van der Waals surface area contributed by atoms with Crippen LogP contribution < -0.4 is 10.6 Å². The van der Waals surface area contributed by atoms with Crippen molar-refractivity contribution in [2.45, 2.75) is 33.2 Å². The lowest BCUT2D eigenvalue weighted by Gasteiger charge is -2.12. The zero-order valence-electron chi connectivity index (χ0n) is 10.9. The molecule has 104 valence electrons. The molecule has 3 N–H and O–H groups in total. The zero-order valence-corrected chi connectivity index (χ0v) is 11.8. The van der Waals surface area contributed by atoms with E-state index in [-0.39, 0.29) is 11.5 Å². The summed E-state index contributed by atoms with van der Waals surface area (Å²) in [5, 5.41) is 14.3. The van der Waals surface area contributed by atoms with Gasteiger partial charge in [0.1, 0.15) is 11.0 Å². The van der Waals surface area contributed by atoms with Gasteiger partial charge in [-0.15, -0.1) is 11.3 Å². The fraction of sp³-hybridized carbons (Fsp3) is 0.417. The highest BCUT2D eigenvalue weighted by Crippen LogP contribution is 2.27. The number of anilines is 1. The number of carboxylic acid groups (broad SMARTS) is 1. The monoisotopic (exact) mass is 284 g/mol. The summed E-state index contributed by atoms with van der Waals surface area (Å²) in [6.07, 6.45) is 0.291. The van der Waals surface area contributed by atoms with Crippen molar-refractivity contribution in [2.75, 3.05) is 5.32 Å². The first-order valence-corrected chi connectivity index (χ1v) is 6.58. The van der Waals surface area contributed by atoms with Crippen LogP contribution in [0, 0.1) is 6.92 Å². The lowest BCUT2D eigenvalue weighted by Crippen LogP contribution is -2.40.